The first kappa shape index (κ1) is 11.2. The van der Waals surface area contributed by atoms with Gasteiger partial charge in [-0.15, -0.1) is 0 Å². The van der Waals surface area contributed by atoms with Crippen LogP contribution in [0.15, 0.2) is 0 Å². The Morgan fingerprint density at radius 1 is 1.50 bits per heavy atom. The van der Waals surface area contributed by atoms with Crippen molar-refractivity contribution in [1.82, 2.24) is 0 Å². The van der Waals surface area contributed by atoms with E-state index in [0.717, 1.165) is 9.55 Å². The molecular weight excluding hydrogens is 164 g/mol. The van der Waals surface area contributed by atoms with Crippen LogP contribution in [0.2, 0.25) is 0 Å². The van der Waals surface area contributed by atoms with E-state index >= 15 is 0 Å². The van der Waals surface area contributed by atoms with Gasteiger partial charge in [0.1, 0.15) is 0 Å². The van der Waals surface area contributed by atoms with Crippen LogP contribution in [0.5, 0.6) is 0 Å². The van der Waals surface area contributed by atoms with Crippen molar-refractivity contribution in [2.45, 2.75) is 0 Å². The second kappa shape index (κ2) is 5.54. The van der Waals surface area contributed by atoms with Gasteiger partial charge in [-0.2, -0.15) is 0 Å². The SMILES string of the molecule is FP.O=P(O)(O)OF. The summed E-state index contributed by atoms with van der Waals surface area (Å²) in [4.78, 5) is 14.7. The second-order valence-electron chi connectivity index (χ2n) is 0.560. The van der Waals surface area contributed by atoms with E-state index in [-0.39, 0.29) is 0 Å². The number of hydrogen-bond donors (Lipinski definition) is 2. The highest BCUT2D eigenvalue weighted by molar-refractivity contribution is 7.46. The van der Waals surface area contributed by atoms with Crippen LogP contribution in [0.25, 0.3) is 0 Å². The van der Waals surface area contributed by atoms with E-state index in [9.17, 15) is 8.72 Å². The molecule has 0 bridgehead atoms. The first-order chi connectivity index (χ1) is 3.56. The minimum absolute atomic E-state index is 0.917. The highest BCUT2D eigenvalue weighted by atomic mass is 31.2. The summed E-state index contributed by atoms with van der Waals surface area (Å²) in [6.45, 7) is 0. The lowest BCUT2D eigenvalue weighted by Crippen LogP contribution is -1.71. The van der Waals surface area contributed by atoms with Gasteiger partial charge >= 0.3 is 7.82 Å². The first-order valence-electron chi connectivity index (χ1n) is 1.14. The Morgan fingerprint density at radius 2 is 1.62 bits per heavy atom. The van der Waals surface area contributed by atoms with Crippen LogP contribution < -0.4 is 0 Å². The van der Waals surface area contributed by atoms with Crippen LogP contribution in [-0.4, -0.2) is 9.79 Å². The van der Waals surface area contributed by atoms with E-state index in [1.807, 2.05) is 0 Å². The maximum Gasteiger partial charge on any atom is 0.500 e. The minimum atomic E-state index is -4.81. The zero-order valence-corrected chi connectivity index (χ0v) is 5.54. The molecule has 1 atom stereocenters. The van der Waals surface area contributed by atoms with Gasteiger partial charge < -0.3 is 9.79 Å². The monoisotopic (exact) mass is 168 g/mol. The van der Waals surface area contributed by atoms with Gasteiger partial charge in [0, 0.05) is 0 Å². The number of rotatable bonds is 1. The molecule has 0 aromatic rings. The fraction of sp³-hybridized carbons (Fsp3) is 0. The molecule has 0 rings (SSSR count). The zero-order valence-electron chi connectivity index (χ0n) is 3.49. The molecule has 4 nitrogen and oxygen atoms in total. The maximum atomic E-state index is 10.2. The predicted molar refractivity (Wildman–Crippen MR) is 25.1 cm³/mol. The summed E-state index contributed by atoms with van der Waals surface area (Å²) < 4.78 is 30.9. The molecule has 0 heterocycles. The van der Waals surface area contributed by atoms with Gasteiger partial charge in [-0.05, 0) is 4.53 Å². The van der Waals surface area contributed by atoms with E-state index in [1.165, 1.54) is 0 Å². The molecule has 0 saturated heterocycles. The molecular formula is H4F2O4P2. The normalized spacial score (nSPS) is 9.62. The van der Waals surface area contributed by atoms with Crippen LogP contribution in [0, 0.1) is 0 Å². The van der Waals surface area contributed by atoms with Crippen LogP contribution in [0.4, 0.5) is 8.72 Å². The van der Waals surface area contributed by atoms with Crippen molar-refractivity contribution in [3.8, 4) is 0 Å². The molecule has 0 aliphatic rings. The quantitative estimate of drug-likeness (QED) is 0.566. The van der Waals surface area contributed by atoms with Crippen molar-refractivity contribution in [3.05, 3.63) is 0 Å². The van der Waals surface area contributed by atoms with Gasteiger partial charge in [0.05, 0.1) is 9.55 Å². The van der Waals surface area contributed by atoms with Crippen LogP contribution in [0.3, 0.4) is 0 Å². The summed E-state index contributed by atoms with van der Waals surface area (Å²) in [6, 6.07) is 0. The maximum absolute atomic E-state index is 10.2. The van der Waals surface area contributed by atoms with E-state index in [1.54, 1.807) is 0 Å². The summed E-state index contributed by atoms with van der Waals surface area (Å²) in [5.41, 5.74) is 0. The summed E-state index contributed by atoms with van der Waals surface area (Å²) >= 11 is 0. The molecule has 2 N–H and O–H groups in total. The lowest BCUT2D eigenvalue weighted by atomic mass is 15.6. The van der Waals surface area contributed by atoms with Gasteiger partial charge in [-0.25, -0.2) is 8.76 Å². The molecule has 0 aromatic heterocycles. The number of halogens is 2. The first-order valence-corrected chi connectivity index (χ1v) is 3.10. The van der Waals surface area contributed by atoms with Gasteiger partial charge in [-0.3, -0.25) is 0 Å². The second-order valence-corrected chi connectivity index (χ2v) is 1.68. The van der Waals surface area contributed by atoms with Crippen molar-refractivity contribution in [2.24, 2.45) is 0 Å². The smallest absolute Gasteiger partial charge is 0.301 e. The lowest BCUT2D eigenvalue weighted by molar-refractivity contribution is -0.0389. The van der Waals surface area contributed by atoms with Gasteiger partial charge in [0.2, 0.25) is 0 Å². The fourth-order valence-corrected chi connectivity index (χ4v) is 0. The highest BCUT2D eigenvalue weighted by Crippen LogP contribution is 2.35. The third kappa shape index (κ3) is 16.1. The Bertz CT molecular complexity index is 76.1. The molecule has 0 aliphatic heterocycles. The largest absolute Gasteiger partial charge is 0.500 e. The Labute approximate surface area is 46.3 Å². The third-order valence-electron chi connectivity index (χ3n) is 0.0899. The predicted octanol–water partition coefficient (Wildman–Crippen LogP) is 0.726. The molecule has 0 aromatic carbocycles. The molecule has 0 saturated carbocycles. The third-order valence-corrected chi connectivity index (χ3v) is 0.270. The highest BCUT2D eigenvalue weighted by Gasteiger charge is 2.12. The van der Waals surface area contributed by atoms with E-state index < -0.39 is 7.82 Å². The summed E-state index contributed by atoms with van der Waals surface area (Å²) in [6.07, 6.45) is 0. The molecule has 8 heavy (non-hydrogen) atoms. The van der Waals surface area contributed by atoms with E-state index in [2.05, 4.69) is 4.73 Å². The summed E-state index contributed by atoms with van der Waals surface area (Å²) in [7, 11) is -3.90. The fourth-order valence-electron chi connectivity index (χ4n) is 0. The Hall–Kier alpha value is 0.400. The van der Waals surface area contributed by atoms with Crippen molar-refractivity contribution in [2.75, 3.05) is 0 Å². The number of hydrogen-bond acceptors (Lipinski definition) is 2. The van der Waals surface area contributed by atoms with Crippen LogP contribution in [0.1, 0.15) is 0 Å². The van der Waals surface area contributed by atoms with E-state index in [4.69, 9.17) is 14.4 Å². The molecule has 8 heteroatoms. The molecule has 0 amide bonds. The van der Waals surface area contributed by atoms with E-state index in [0.29, 0.717) is 0 Å². The Morgan fingerprint density at radius 3 is 1.62 bits per heavy atom. The molecule has 0 fully saturated rings. The average Bonchev–Trinajstić information content (AvgIpc) is 1.71. The van der Waals surface area contributed by atoms with Gasteiger partial charge in [0.25, 0.3) is 0 Å². The van der Waals surface area contributed by atoms with Crippen LogP contribution >= 0.6 is 17.4 Å². The molecule has 1 unspecified atom stereocenters. The van der Waals surface area contributed by atoms with Gasteiger partial charge in [0.15, 0.2) is 0 Å². The Kier molecular flexibility index (Phi) is 7.77. The van der Waals surface area contributed by atoms with Crippen LogP contribution in [-0.2, 0) is 9.29 Å². The standard InChI is InChI=1S/FH2O4P.FH2P/c1-5-6(2,3)4;1-2/h(H2,2,3,4);2H2. The van der Waals surface area contributed by atoms with Crippen molar-refractivity contribution < 1.29 is 27.8 Å². The van der Waals surface area contributed by atoms with Gasteiger partial charge in [-0.1, -0.05) is 4.73 Å². The lowest BCUT2D eigenvalue weighted by Gasteiger charge is -1.87. The molecule has 0 spiro atoms. The van der Waals surface area contributed by atoms with Crippen molar-refractivity contribution >= 4 is 17.4 Å². The summed E-state index contributed by atoms with van der Waals surface area (Å²) in [5, 5.41) is 0. The van der Waals surface area contributed by atoms with Crippen molar-refractivity contribution in [1.29, 1.82) is 0 Å². The number of phosphoric acid groups is 1. The summed E-state index contributed by atoms with van der Waals surface area (Å²) in [5.74, 6) is 0. The minimum Gasteiger partial charge on any atom is -0.301 e. The molecule has 0 aliphatic carbocycles. The molecule has 52 valence electrons. The Balaban J connectivity index is 0. The topological polar surface area (TPSA) is 66.8 Å². The molecule has 0 radical (unpaired) electrons. The van der Waals surface area contributed by atoms with Crippen molar-refractivity contribution in [3.63, 3.8) is 0 Å². The zero-order chi connectivity index (χ0) is 7.21. The average molecular weight is 168 g/mol.